The predicted molar refractivity (Wildman–Crippen MR) is 83.8 cm³/mol. The molecule has 0 fully saturated rings. The van der Waals surface area contributed by atoms with Crippen molar-refractivity contribution in [3.05, 3.63) is 23.8 Å². The van der Waals surface area contributed by atoms with E-state index in [1.54, 1.807) is 7.11 Å². The fourth-order valence-corrected chi connectivity index (χ4v) is 2.17. The molecule has 0 saturated heterocycles. The van der Waals surface area contributed by atoms with E-state index in [9.17, 15) is 4.79 Å². The number of nitrogens with one attached hydrogen (secondary N) is 2. The van der Waals surface area contributed by atoms with Gasteiger partial charge in [0.25, 0.3) is 5.91 Å². The van der Waals surface area contributed by atoms with E-state index in [-0.39, 0.29) is 18.6 Å². The molecule has 0 aliphatic rings. The lowest BCUT2D eigenvalue weighted by atomic mass is 10.2. The summed E-state index contributed by atoms with van der Waals surface area (Å²) in [5.41, 5.74) is 0.964. The minimum Gasteiger partial charge on any atom is -0.493 e. The molecule has 1 rings (SSSR count). The number of methoxy groups -OCH3 is 1. The molecule has 0 spiro atoms. The van der Waals surface area contributed by atoms with Gasteiger partial charge in [-0.25, -0.2) is 0 Å². The topological polar surface area (TPSA) is 59.6 Å². The molecule has 0 aliphatic carbocycles. The number of amides is 1. The van der Waals surface area contributed by atoms with Crippen molar-refractivity contribution in [2.75, 3.05) is 20.8 Å². The summed E-state index contributed by atoms with van der Waals surface area (Å²) in [6, 6.07) is 5.85. The third-order valence-electron chi connectivity index (χ3n) is 3.12. The molecule has 2 N–H and O–H groups in total. The Morgan fingerprint density at radius 1 is 1.38 bits per heavy atom. The van der Waals surface area contributed by atoms with Gasteiger partial charge in [-0.1, -0.05) is 25.5 Å². The van der Waals surface area contributed by atoms with Crippen molar-refractivity contribution in [3.8, 4) is 11.5 Å². The first-order valence-electron chi connectivity index (χ1n) is 7.35. The van der Waals surface area contributed by atoms with Gasteiger partial charge in [0.2, 0.25) is 0 Å². The highest BCUT2D eigenvalue weighted by Crippen LogP contribution is 2.30. The molecule has 0 saturated carbocycles. The van der Waals surface area contributed by atoms with Crippen LogP contribution < -0.4 is 20.1 Å². The van der Waals surface area contributed by atoms with Crippen molar-refractivity contribution < 1.29 is 14.3 Å². The van der Waals surface area contributed by atoms with Crippen molar-refractivity contribution in [2.45, 2.75) is 39.3 Å². The van der Waals surface area contributed by atoms with Gasteiger partial charge in [0.15, 0.2) is 18.1 Å². The smallest absolute Gasteiger partial charge is 0.258 e. The lowest BCUT2D eigenvalue weighted by Gasteiger charge is -2.16. The third kappa shape index (κ3) is 5.63. The van der Waals surface area contributed by atoms with Gasteiger partial charge in [-0.3, -0.25) is 4.79 Å². The van der Waals surface area contributed by atoms with Crippen LogP contribution in [0.25, 0.3) is 0 Å². The van der Waals surface area contributed by atoms with Gasteiger partial charge >= 0.3 is 0 Å². The van der Waals surface area contributed by atoms with Gasteiger partial charge in [0.05, 0.1) is 7.11 Å². The zero-order valence-electron chi connectivity index (χ0n) is 13.4. The Hall–Kier alpha value is -1.75. The lowest BCUT2D eigenvalue weighted by molar-refractivity contribution is -0.123. The van der Waals surface area contributed by atoms with Crippen molar-refractivity contribution in [1.82, 2.24) is 10.6 Å². The molecule has 1 amide bonds. The van der Waals surface area contributed by atoms with E-state index in [1.165, 1.54) is 0 Å². The van der Waals surface area contributed by atoms with Crippen molar-refractivity contribution in [1.29, 1.82) is 0 Å². The van der Waals surface area contributed by atoms with E-state index in [4.69, 9.17) is 9.47 Å². The second-order valence-corrected chi connectivity index (χ2v) is 5.02. The standard InChI is InChI=1S/C16H26N2O3/c1-5-7-12(2)18-15(19)11-21-16-13(10-17-3)8-6-9-14(16)20-4/h6,8-9,12,17H,5,7,10-11H2,1-4H3,(H,18,19). The van der Waals surface area contributed by atoms with Gasteiger partial charge in [0.1, 0.15) is 0 Å². The Morgan fingerprint density at radius 2 is 2.14 bits per heavy atom. The van der Waals surface area contributed by atoms with Crippen molar-refractivity contribution >= 4 is 5.91 Å². The molecule has 1 atom stereocenters. The van der Waals surface area contributed by atoms with Crippen LogP contribution in [0.1, 0.15) is 32.3 Å². The van der Waals surface area contributed by atoms with E-state index in [1.807, 2.05) is 32.2 Å². The number of carbonyl (C=O) groups excluding carboxylic acids is 1. The van der Waals surface area contributed by atoms with E-state index in [0.29, 0.717) is 18.0 Å². The van der Waals surface area contributed by atoms with E-state index in [0.717, 1.165) is 18.4 Å². The predicted octanol–water partition coefficient (Wildman–Crippen LogP) is 2.10. The summed E-state index contributed by atoms with van der Waals surface area (Å²) < 4.78 is 11.0. The molecular weight excluding hydrogens is 268 g/mol. The Balaban J connectivity index is 2.67. The maximum atomic E-state index is 11.9. The van der Waals surface area contributed by atoms with Crippen molar-refractivity contribution in [3.63, 3.8) is 0 Å². The Kier molecular flexibility index (Phi) is 7.61. The minimum absolute atomic E-state index is 0.00879. The quantitative estimate of drug-likeness (QED) is 0.732. The summed E-state index contributed by atoms with van der Waals surface area (Å²) in [5.74, 6) is 1.14. The summed E-state index contributed by atoms with van der Waals surface area (Å²) >= 11 is 0. The molecule has 21 heavy (non-hydrogen) atoms. The molecular formula is C16H26N2O3. The number of hydrogen-bond acceptors (Lipinski definition) is 4. The van der Waals surface area contributed by atoms with Crippen LogP contribution in [0.2, 0.25) is 0 Å². The summed E-state index contributed by atoms with van der Waals surface area (Å²) in [5, 5.41) is 6.00. The van der Waals surface area contributed by atoms with Crippen LogP contribution in [-0.4, -0.2) is 32.7 Å². The average molecular weight is 294 g/mol. The highest BCUT2D eigenvalue weighted by molar-refractivity contribution is 5.78. The highest BCUT2D eigenvalue weighted by atomic mass is 16.5. The molecule has 1 unspecified atom stereocenters. The maximum Gasteiger partial charge on any atom is 0.258 e. The maximum absolute atomic E-state index is 11.9. The molecule has 0 aromatic heterocycles. The van der Waals surface area contributed by atoms with Gasteiger partial charge in [-0.05, 0) is 26.5 Å². The second kappa shape index (κ2) is 9.23. The minimum atomic E-state index is -0.114. The fourth-order valence-electron chi connectivity index (χ4n) is 2.17. The second-order valence-electron chi connectivity index (χ2n) is 5.02. The van der Waals surface area contributed by atoms with Crippen LogP contribution in [0.5, 0.6) is 11.5 Å². The zero-order valence-corrected chi connectivity index (χ0v) is 13.4. The van der Waals surface area contributed by atoms with E-state index in [2.05, 4.69) is 17.6 Å². The molecule has 0 heterocycles. The molecule has 5 nitrogen and oxygen atoms in total. The van der Waals surface area contributed by atoms with Crippen LogP contribution in [0.4, 0.5) is 0 Å². The van der Waals surface area contributed by atoms with Gasteiger partial charge < -0.3 is 20.1 Å². The summed E-state index contributed by atoms with van der Waals surface area (Å²) in [6.07, 6.45) is 2.01. The fraction of sp³-hybridized carbons (Fsp3) is 0.562. The molecule has 0 aliphatic heterocycles. The Bertz CT molecular complexity index is 449. The first-order chi connectivity index (χ1) is 10.1. The molecule has 5 heteroatoms. The van der Waals surface area contributed by atoms with Crippen molar-refractivity contribution in [2.24, 2.45) is 0 Å². The van der Waals surface area contributed by atoms with E-state index < -0.39 is 0 Å². The van der Waals surface area contributed by atoms with Crippen LogP contribution in [0.15, 0.2) is 18.2 Å². The number of ether oxygens (including phenoxy) is 2. The largest absolute Gasteiger partial charge is 0.493 e. The summed E-state index contributed by atoms with van der Waals surface area (Å²) in [6.45, 7) is 4.74. The van der Waals surface area contributed by atoms with Gasteiger partial charge in [0, 0.05) is 18.2 Å². The lowest BCUT2D eigenvalue weighted by Crippen LogP contribution is -2.36. The number of para-hydroxylation sites is 1. The van der Waals surface area contributed by atoms with E-state index >= 15 is 0 Å². The molecule has 1 aromatic rings. The molecule has 118 valence electrons. The number of rotatable bonds is 9. The van der Waals surface area contributed by atoms with Crippen LogP contribution in [-0.2, 0) is 11.3 Å². The zero-order chi connectivity index (χ0) is 15.7. The number of benzene rings is 1. The van der Waals surface area contributed by atoms with Crippen LogP contribution >= 0.6 is 0 Å². The van der Waals surface area contributed by atoms with Gasteiger partial charge in [-0.15, -0.1) is 0 Å². The molecule has 1 aromatic carbocycles. The summed E-state index contributed by atoms with van der Waals surface area (Å²) in [7, 11) is 3.46. The van der Waals surface area contributed by atoms with Crippen LogP contribution in [0.3, 0.4) is 0 Å². The van der Waals surface area contributed by atoms with Gasteiger partial charge in [-0.2, -0.15) is 0 Å². The SMILES string of the molecule is CCCC(C)NC(=O)COc1c(CNC)cccc1OC. The first kappa shape index (κ1) is 17.3. The Morgan fingerprint density at radius 3 is 2.76 bits per heavy atom. The van der Waals surface area contributed by atoms with Crippen LogP contribution in [0, 0.1) is 0 Å². The molecule has 0 bridgehead atoms. The third-order valence-corrected chi connectivity index (χ3v) is 3.12. The number of hydrogen-bond donors (Lipinski definition) is 2. The number of carbonyl (C=O) groups is 1. The Labute approximate surface area is 127 Å². The summed E-state index contributed by atoms with van der Waals surface area (Å²) in [4.78, 5) is 11.9. The molecule has 0 radical (unpaired) electrons. The first-order valence-corrected chi connectivity index (χ1v) is 7.35. The average Bonchev–Trinajstić information content (AvgIpc) is 2.46. The monoisotopic (exact) mass is 294 g/mol. The normalized spacial score (nSPS) is 11.8. The highest BCUT2D eigenvalue weighted by Gasteiger charge is 2.13.